The van der Waals surface area contributed by atoms with Crippen LogP contribution in [0, 0.1) is 0 Å². The highest BCUT2D eigenvalue weighted by molar-refractivity contribution is 6.54. The number of benzene rings is 1. The molecule has 16 heavy (non-hydrogen) atoms. The molecule has 0 N–H and O–H groups in total. The van der Waals surface area contributed by atoms with Gasteiger partial charge in [-0.25, -0.2) is 9.98 Å². The average molecular weight is 209 g/mol. The summed E-state index contributed by atoms with van der Waals surface area (Å²) in [5.74, 6) is 0.729. The number of carbonyl (C=O) groups excluding carboxylic acids is 1. The Balaban J connectivity index is 2.05. The Kier molecular flexibility index (Phi) is 1.86. The van der Waals surface area contributed by atoms with Crippen LogP contribution in [0.15, 0.2) is 57.5 Å². The molecule has 4 nitrogen and oxygen atoms in total. The topological polar surface area (TPSA) is 54.1 Å². The van der Waals surface area contributed by atoms with Crippen molar-refractivity contribution >= 4 is 23.3 Å². The van der Waals surface area contributed by atoms with Gasteiger partial charge in [0.1, 0.15) is 5.71 Å². The number of amides is 1. The Morgan fingerprint density at radius 1 is 0.812 bits per heavy atom. The normalized spacial score (nSPS) is 17.8. The van der Waals surface area contributed by atoms with Gasteiger partial charge in [0.15, 0.2) is 11.7 Å². The number of hydrogen-bond donors (Lipinski definition) is 0. The molecule has 1 aromatic rings. The van der Waals surface area contributed by atoms with E-state index in [9.17, 15) is 4.79 Å². The van der Waals surface area contributed by atoms with Crippen LogP contribution in [0.3, 0.4) is 0 Å². The zero-order valence-electron chi connectivity index (χ0n) is 8.29. The molecule has 2 heterocycles. The van der Waals surface area contributed by atoms with Crippen LogP contribution in [-0.2, 0) is 4.79 Å². The van der Waals surface area contributed by atoms with E-state index in [1.807, 2.05) is 30.3 Å². The van der Waals surface area contributed by atoms with Gasteiger partial charge in [0.05, 0.1) is 0 Å². The molecule has 4 heteroatoms. The number of fused-ring (bicyclic) bond motifs is 1. The highest BCUT2D eigenvalue weighted by Gasteiger charge is 2.20. The van der Waals surface area contributed by atoms with Crippen molar-refractivity contribution in [2.45, 2.75) is 0 Å². The van der Waals surface area contributed by atoms with Crippen LogP contribution in [0.1, 0.15) is 5.56 Å². The van der Waals surface area contributed by atoms with E-state index in [2.05, 4.69) is 15.0 Å². The maximum atomic E-state index is 11.1. The number of carbonyl (C=O) groups is 1. The number of amidine groups is 2. The maximum Gasteiger partial charge on any atom is 0.271 e. The summed E-state index contributed by atoms with van der Waals surface area (Å²) in [5, 5.41) is 0. The minimum Gasteiger partial charge on any atom is -0.267 e. The molecule has 0 atom stereocenters. The van der Waals surface area contributed by atoms with Crippen molar-refractivity contribution in [1.29, 1.82) is 0 Å². The number of hydrogen-bond acceptors (Lipinski definition) is 3. The number of dihydropyridines is 1. The first-order valence-corrected chi connectivity index (χ1v) is 4.87. The summed E-state index contributed by atoms with van der Waals surface area (Å²) in [4.78, 5) is 23.4. The lowest BCUT2D eigenvalue weighted by atomic mass is 10.2. The van der Waals surface area contributed by atoms with Crippen molar-refractivity contribution < 1.29 is 4.79 Å². The molecule has 0 saturated heterocycles. The second-order valence-electron chi connectivity index (χ2n) is 3.41. The summed E-state index contributed by atoms with van der Waals surface area (Å²) < 4.78 is 0. The fourth-order valence-electron chi connectivity index (χ4n) is 1.55. The van der Waals surface area contributed by atoms with Gasteiger partial charge in [0.2, 0.25) is 0 Å². The lowest BCUT2D eigenvalue weighted by Crippen LogP contribution is -2.12. The molecule has 2 aliphatic heterocycles. The van der Waals surface area contributed by atoms with Crippen LogP contribution in [0.5, 0.6) is 0 Å². The second kappa shape index (κ2) is 3.34. The largest absolute Gasteiger partial charge is 0.271 e. The molecule has 0 spiro atoms. The molecule has 0 bridgehead atoms. The summed E-state index contributed by atoms with van der Waals surface area (Å²) in [5.41, 5.74) is 1.58. The standard InChI is InChI=1S/C12H7N3O/c16-10-7-6-9-12(14-10)15-11(13-9)8-4-2-1-3-5-8/h1-7H. The van der Waals surface area contributed by atoms with E-state index in [-0.39, 0.29) is 5.91 Å². The van der Waals surface area contributed by atoms with E-state index in [1.54, 1.807) is 6.08 Å². The van der Waals surface area contributed by atoms with E-state index in [1.165, 1.54) is 6.08 Å². The smallest absolute Gasteiger partial charge is 0.267 e. The van der Waals surface area contributed by atoms with Crippen molar-refractivity contribution in [3.8, 4) is 0 Å². The van der Waals surface area contributed by atoms with Crippen molar-refractivity contribution in [3.63, 3.8) is 0 Å². The van der Waals surface area contributed by atoms with Crippen molar-refractivity contribution in [2.24, 2.45) is 15.0 Å². The minimum atomic E-state index is -0.285. The zero-order valence-corrected chi connectivity index (χ0v) is 8.29. The summed E-state index contributed by atoms with van der Waals surface area (Å²) in [6, 6.07) is 9.62. The van der Waals surface area contributed by atoms with Crippen LogP contribution in [0.2, 0.25) is 0 Å². The molecule has 0 fully saturated rings. The van der Waals surface area contributed by atoms with Gasteiger partial charge in [0.25, 0.3) is 5.91 Å². The summed E-state index contributed by atoms with van der Waals surface area (Å²) >= 11 is 0. The summed E-state index contributed by atoms with van der Waals surface area (Å²) in [6.45, 7) is 0. The van der Waals surface area contributed by atoms with Gasteiger partial charge >= 0.3 is 0 Å². The van der Waals surface area contributed by atoms with E-state index in [0.29, 0.717) is 17.4 Å². The van der Waals surface area contributed by atoms with Crippen LogP contribution >= 0.6 is 0 Å². The van der Waals surface area contributed by atoms with E-state index < -0.39 is 0 Å². The SMILES string of the molecule is O=C1C=CC2=NC(c3ccccc3)=NC2=N1. The predicted molar refractivity (Wildman–Crippen MR) is 62.0 cm³/mol. The molecule has 76 valence electrons. The van der Waals surface area contributed by atoms with Crippen LogP contribution in [-0.4, -0.2) is 23.3 Å². The third-order valence-corrected chi connectivity index (χ3v) is 2.30. The lowest BCUT2D eigenvalue weighted by Gasteiger charge is -1.96. The van der Waals surface area contributed by atoms with Gasteiger partial charge in [-0.2, -0.15) is 4.99 Å². The van der Waals surface area contributed by atoms with Crippen LogP contribution < -0.4 is 0 Å². The fourth-order valence-corrected chi connectivity index (χ4v) is 1.55. The Bertz CT molecular complexity index is 580. The maximum absolute atomic E-state index is 11.1. The summed E-state index contributed by atoms with van der Waals surface area (Å²) in [7, 11) is 0. The molecule has 3 rings (SSSR count). The first-order chi connectivity index (χ1) is 7.83. The molecular formula is C12H7N3O. The Labute approximate surface area is 91.8 Å². The van der Waals surface area contributed by atoms with Gasteiger partial charge in [0, 0.05) is 11.6 Å². The van der Waals surface area contributed by atoms with Gasteiger partial charge in [-0.3, -0.25) is 4.79 Å². The Morgan fingerprint density at radius 2 is 1.62 bits per heavy atom. The molecule has 0 aliphatic carbocycles. The highest BCUT2D eigenvalue weighted by Crippen LogP contribution is 2.12. The van der Waals surface area contributed by atoms with Crippen LogP contribution in [0.25, 0.3) is 0 Å². The molecule has 0 saturated carbocycles. The molecule has 1 amide bonds. The third-order valence-electron chi connectivity index (χ3n) is 2.30. The third kappa shape index (κ3) is 1.40. The Morgan fingerprint density at radius 3 is 2.44 bits per heavy atom. The van der Waals surface area contributed by atoms with Gasteiger partial charge in [-0.05, 0) is 6.08 Å². The summed E-state index contributed by atoms with van der Waals surface area (Å²) in [6.07, 6.45) is 3.04. The molecule has 0 aromatic heterocycles. The van der Waals surface area contributed by atoms with Gasteiger partial charge in [-0.1, -0.05) is 30.3 Å². The van der Waals surface area contributed by atoms with E-state index >= 15 is 0 Å². The first-order valence-electron chi connectivity index (χ1n) is 4.87. The van der Waals surface area contributed by atoms with Crippen molar-refractivity contribution in [2.75, 3.05) is 0 Å². The number of aliphatic imine (C=N–C) groups is 3. The van der Waals surface area contributed by atoms with E-state index in [4.69, 9.17) is 0 Å². The van der Waals surface area contributed by atoms with Gasteiger partial charge in [-0.15, -0.1) is 0 Å². The lowest BCUT2D eigenvalue weighted by molar-refractivity contribution is -0.113. The van der Waals surface area contributed by atoms with Gasteiger partial charge < -0.3 is 0 Å². The molecule has 0 radical (unpaired) electrons. The zero-order chi connectivity index (χ0) is 11.0. The second-order valence-corrected chi connectivity index (χ2v) is 3.41. The molecule has 1 aromatic carbocycles. The molecule has 0 unspecified atom stereocenters. The number of rotatable bonds is 1. The van der Waals surface area contributed by atoms with Crippen molar-refractivity contribution in [1.82, 2.24) is 0 Å². The monoisotopic (exact) mass is 209 g/mol. The first kappa shape index (κ1) is 8.91. The quantitative estimate of drug-likeness (QED) is 0.689. The van der Waals surface area contributed by atoms with E-state index in [0.717, 1.165) is 5.56 Å². The average Bonchev–Trinajstić information content (AvgIpc) is 2.73. The number of nitrogens with zero attached hydrogens (tertiary/aromatic N) is 3. The van der Waals surface area contributed by atoms with Crippen LogP contribution in [0.4, 0.5) is 0 Å². The minimum absolute atomic E-state index is 0.285. The highest BCUT2D eigenvalue weighted by atomic mass is 16.1. The predicted octanol–water partition coefficient (Wildman–Crippen LogP) is 1.38. The molecule has 2 aliphatic rings. The fraction of sp³-hybridized carbons (Fsp3) is 0. The molecular weight excluding hydrogens is 202 g/mol. The Hall–Kier alpha value is -2.36. The van der Waals surface area contributed by atoms with Crippen molar-refractivity contribution in [3.05, 3.63) is 48.0 Å².